The minimum Gasteiger partial charge on any atom is -0.339 e. The van der Waals surface area contributed by atoms with E-state index in [2.05, 4.69) is 16.4 Å². The van der Waals surface area contributed by atoms with Crippen molar-refractivity contribution >= 4 is 34.1 Å². The Labute approximate surface area is 183 Å². The quantitative estimate of drug-likeness (QED) is 0.615. The minimum atomic E-state index is -0.126. The van der Waals surface area contributed by atoms with Crippen LogP contribution in [0.4, 0.5) is 0 Å². The van der Waals surface area contributed by atoms with Gasteiger partial charge in [-0.05, 0) is 30.0 Å². The molecule has 3 heterocycles. The zero-order chi connectivity index (χ0) is 21.4. The van der Waals surface area contributed by atoms with Gasteiger partial charge in [-0.15, -0.1) is 11.3 Å². The molecule has 5 rings (SSSR count). The summed E-state index contributed by atoms with van der Waals surface area (Å²) < 4.78 is 1.50. The smallest absolute Gasteiger partial charge is 0.261 e. The summed E-state index contributed by atoms with van der Waals surface area (Å²) >= 11 is 1.72. The Balaban J connectivity index is 1.13. The van der Waals surface area contributed by atoms with Crippen molar-refractivity contribution in [3.05, 3.63) is 63.3 Å². The summed E-state index contributed by atoms with van der Waals surface area (Å²) in [6.45, 7) is 2.56. The van der Waals surface area contributed by atoms with E-state index in [4.69, 9.17) is 0 Å². The number of nitrogens with zero attached hydrogens (tertiary/aromatic N) is 4. The number of thiophene rings is 1. The topological polar surface area (TPSA) is 75.5 Å². The fourth-order valence-electron chi connectivity index (χ4n) is 4.33. The molecule has 160 valence electrons. The molecule has 2 fully saturated rings. The predicted octanol–water partition coefficient (Wildman–Crippen LogP) is 2.32. The third kappa shape index (κ3) is 3.99. The van der Waals surface area contributed by atoms with Gasteiger partial charge in [-0.25, -0.2) is 4.98 Å². The molecule has 0 N–H and O–H groups in total. The van der Waals surface area contributed by atoms with Crippen LogP contribution in [0, 0.1) is 5.92 Å². The molecule has 0 radical (unpaired) electrons. The zero-order valence-corrected chi connectivity index (χ0v) is 18.0. The number of carbonyl (C=O) groups is 2. The average Bonchev–Trinajstić information content (AvgIpc) is 3.42. The summed E-state index contributed by atoms with van der Waals surface area (Å²) in [5, 5.41) is 2.62. The maximum absolute atomic E-state index is 12.8. The van der Waals surface area contributed by atoms with Gasteiger partial charge in [-0.3, -0.25) is 19.0 Å². The third-order valence-electron chi connectivity index (χ3n) is 6.26. The molecule has 7 nitrogen and oxygen atoms in total. The second-order valence-electron chi connectivity index (χ2n) is 8.18. The van der Waals surface area contributed by atoms with Gasteiger partial charge >= 0.3 is 0 Å². The van der Waals surface area contributed by atoms with Gasteiger partial charge in [0.05, 0.1) is 17.2 Å². The Morgan fingerprint density at radius 1 is 1.03 bits per heavy atom. The van der Waals surface area contributed by atoms with E-state index in [9.17, 15) is 14.4 Å². The van der Waals surface area contributed by atoms with Crippen LogP contribution < -0.4 is 5.56 Å². The van der Waals surface area contributed by atoms with Gasteiger partial charge in [0.2, 0.25) is 11.8 Å². The summed E-state index contributed by atoms with van der Waals surface area (Å²) in [4.78, 5) is 47.3. The van der Waals surface area contributed by atoms with Gasteiger partial charge < -0.3 is 9.80 Å². The van der Waals surface area contributed by atoms with Crippen LogP contribution in [0.25, 0.3) is 10.9 Å². The van der Waals surface area contributed by atoms with Crippen LogP contribution in [0.15, 0.2) is 52.9 Å². The van der Waals surface area contributed by atoms with E-state index < -0.39 is 0 Å². The van der Waals surface area contributed by atoms with Crippen LogP contribution in [0.1, 0.15) is 23.6 Å². The first kappa shape index (κ1) is 19.9. The number of amides is 2. The number of aromatic nitrogens is 2. The number of aryl methyl sites for hydroxylation is 1. The largest absolute Gasteiger partial charge is 0.339 e. The van der Waals surface area contributed by atoms with Crippen molar-refractivity contribution < 1.29 is 9.59 Å². The number of piperazine rings is 1. The Morgan fingerprint density at radius 3 is 2.58 bits per heavy atom. The van der Waals surface area contributed by atoms with Crippen molar-refractivity contribution in [1.29, 1.82) is 0 Å². The van der Waals surface area contributed by atoms with E-state index in [1.165, 1.54) is 15.8 Å². The molecular formula is C23H24N4O3S. The Hall–Kier alpha value is -3.00. The van der Waals surface area contributed by atoms with Gasteiger partial charge in [0.25, 0.3) is 5.56 Å². The summed E-state index contributed by atoms with van der Waals surface area (Å²) in [5.74, 6) is 0.712. The van der Waals surface area contributed by atoms with E-state index in [-0.39, 0.29) is 29.7 Å². The highest BCUT2D eigenvalue weighted by Gasteiger charge is 2.46. The number of hydrogen-bond donors (Lipinski definition) is 0. The molecule has 1 aromatic carbocycles. The molecule has 0 spiro atoms. The highest BCUT2D eigenvalue weighted by atomic mass is 32.1. The van der Waals surface area contributed by atoms with Crippen LogP contribution in [0.2, 0.25) is 0 Å². The number of carbonyl (C=O) groups excluding carboxylic acids is 2. The molecule has 2 aliphatic rings. The Kier molecular flexibility index (Phi) is 5.31. The molecule has 2 amide bonds. The number of hydrogen-bond acceptors (Lipinski definition) is 5. The molecule has 2 aromatic heterocycles. The van der Waals surface area contributed by atoms with Crippen LogP contribution in [-0.2, 0) is 16.1 Å². The molecule has 1 saturated carbocycles. The monoisotopic (exact) mass is 436 g/mol. The van der Waals surface area contributed by atoms with Crippen molar-refractivity contribution in [1.82, 2.24) is 19.4 Å². The van der Waals surface area contributed by atoms with E-state index >= 15 is 0 Å². The van der Waals surface area contributed by atoms with E-state index in [1.54, 1.807) is 28.4 Å². The molecule has 0 bridgehead atoms. The SMILES string of the molecule is O=C(CCn1cnc2ccccc2c1=O)N1CCN(C(=O)[C@H]2C[C@H]2c2cccs2)CC1. The molecule has 1 aliphatic carbocycles. The fraction of sp³-hybridized carbons (Fsp3) is 0.391. The van der Waals surface area contributed by atoms with E-state index in [0.717, 1.165) is 6.42 Å². The molecule has 31 heavy (non-hydrogen) atoms. The molecule has 1 saturated heterocycles. The Morgan fingerprint density at radius 2 is 1.81 bits per heavy atom. The third-order valence-corrected chi connectivity index (χ3v) is 7.26. The van der Waals surface area contributed by atoms with Gasteiger partial charge in [0, 0.05) is 55.9 Å². The average molecular weight is 437 g/mol. The van der Waals surface area contributed by atoms with Crippen molar-refractivity contribution in [2.24, 2.45) is 5.92 Å². The van der Waals surface area contributed by atoms with Gasteiger partial charge in [-0.1, -0.05) is 18.2 Å². The fourth-order valence-corrected chi connectivity index (χ4v) is 5.24. The lowest BCUT2D eigenvalue weighted by Gasteiger charge is -2.35. The molecule has 2 atom stereocenters. The second kappa shape index (κ2) is 8.26. The van der Waals surface area contributed by atoms with Crippen molar-refractivity contribution in [3.8, 4) is 0 Å². The normalized spacial score (nSPS) is 20.8. The number of benzene rings is 1. The summed E-state index contributed by atoms with van der Waals surface area (Å²) in [6.07, 6.45) is 2.69. The highest BCUT2D eigenvalue weighted by Crippen LogP contribution is 2.50. The van der Waals surface area contributed by atoms with Crippen LogP contribution in [-0.4, -0.2) is 57.3 Å². The maximum Gasteiger partial charge on any atom is 0.261 e. The van der Waals surface area contributed by atoms with Gasteiger partial charge in [0.15, 0.2) is 0 Å². The first-order chi connectivity index (χ1) is 15.1. The van der Waals surface area contributed by atoms with Crippen molar-refractivity contribution in [2.45, 2.75) is 25.3 Å². The molecule has 0 unspecified atom stereocenters. The predicted molar refractivity (Wildman–Crippen MR) is 119 cm³/mol. The standard InChI is InChI=1S/C23H24N4O3S/c28-21(7-8-27-15-24-19-5-2-1-4-16(19)22(27)29)25-9-11-26(12-10-25)23(30)18-14-17(18)20-6-3-13-31-20/h1-6,13,15,17-18H,7-12,14H2/t17-,18+/m1/s1. The highest BCUT2D eigenvalue weighted by molar-refractivity contribution is 7.10. The van der Waals surface area contributed by atoms with E-state index in [0.29, 0.717) is 49.5 Å². The van der Waals surface area contributed by atoms with Gasteiger partial charge in [-0.2, -0.15) is 0 Å². The second-order valence-corrected chi connectivity index (χ2v) is 9.16. The summed E-state index contributed by atoms with van der Waals surface area (Å²) in [7, 11) is 0. The molecular weight excluding hydrogens is 412 g/mol. The van der Waals surface area contributed by atoms with Gasteiger partial charge in [0.1, 0.15) is 0 Å². The van der Waals surface area contributed by atoms with E-state index in [1.807, 2.05) is 23.1 Å². The lowest BCUT2D eigenvalue weighted by atomic mass is 10.2. The number of para-hydroxylation sites is 1. The summed E-state index contributed by atoms with van der Waals surface area (Å²) in [6, 6.07) is 11.4. The first-order valence-electron chi connectivity index (χ1n) is 10.7. The lowest BCUT2D eigenvalue weighted by Crippen LogP contribution is -2.51. The zero-order valence-electron chi connectivity index (χ0n) is 17.1. The molecule has 1 aliphatic heterocycles. The van der Waals surface area contributed by atoms with Crippen LogP contribution >= 0.6 is 11.3 Å². The summed E-state index contributed by atoms with van der Waals surface area (Å²) in [5.41, 5.74) is 0.534. The first-order valence-corrected chi connectivity index (χ1v) is 11.5. The molecule has 3 aromatic rings. The van der Waals surface area contributed by atoms with Crippen LogP contribution in [0.3, 0.4) is 0 Å². The maximum atomic E-state index is 12.8. The van der Waals surface area contributed by atoms with Crippen molar-refractivity contribution in [2.75, 3.05) is 26.2 Å². The Bertz CT molecular complexity index is 1170. The number of rotatable bonds is 5. The lowest BCUT2D eigenvalue weighted by molar-refractivity contribution is -0.140. The van der Waals surface area contributed by atoms with Crippen LogP contribution in [0.5, 0.6) is 0 Å². The number of fused-ring (bicyclic) bond motifs is 1. The van der Waals surface area contributed by atoms with Crippen molar-refractivity contribution in [3.63, 3.8) is 0 Å². The minimum absolute atomic E-state index is 0.00930. The molecule has 8 heteroatoms.